The van der Waals surface area contributed by atoms with E-state index in [0.717, 1.165) is 16.8 Å². The van der Waals surface area contributed by atoms with Gasteiger partial charge in [0.25, 0.3) is 5.91 Å². The van der Waals surface area contributed by atoms with E-state index in [0.29, 0.717) is 17.1 Å². The van der Waals surface area contributed by atoms with E-state index < -0.39 is 0 Å². The fourth-order valence-electron chi connectivity index (χ4n) is 2.19. The van der Waals surface area contributed by atoms with Crippen LogP contribution < -0.4 is 11.1 Å². The van der Waals surface area contributed by atoms with Crippen molar-refractivity contribution in [1.29, 1.82) is 0 Å². The van der Waals surface area contributed by atoms with E-state index >= 15 is 0 Å². The minimum Gasteiger partial charge on any atom is -0.383 e. The molecular formula is C18H16N4O. The molecule has 3 N–H and O–H groups in total. The lowest BCUT2D eigenvalue weighted by molar-refractivity contribution is 0.102. The van der Waals surface area contributed by atoms with Gasteiger partial charge >= 0.3 is 0 Å². The predicted octanol–water partition coefficient (Wildman–Crippen LogP) is 3.29. The Morgan fingerprint density at radius 2 is 1.83 bits per heavy atom. The number of carbonyl (C=O) groups excluding carboxylic acids is 1. The lowest BCUT2D eigenvalue weighted by Crippen LogP contribution is -2.12. The molecule has 0 unspecified atom stereocenters. The van der Waals surface area contributed by atoms with Crippen molar-refractivity contribution < 1.29 is 4.79 Å². The average molecular weight is 304 g/mol. The Morgan fingerprint density at radius 3 is 2.52 bits per heavy atom. The summed E-state index contributed by atoms with van der Waals surface area (Å²) in [5, 5.41) is 2.83. The van der Waals surface area contributed by atoms with Crippen LogP contribution in [0, 0.1) is 6.92 Å². The molecule has 0 aliphatic heterocycles. The first kappa shape index (κ1) is 14.7. The lowest BCUT2D eigenvalue weighted by atomic mass is 10.1. The van der Waals surface area contributed by atoms with E-state index in [1.54, 1.807) is 30.6 Å². The van der Waals surface area contributed by atoms with E-state index in [1.165, 1.54) is 0 Å². The molecule has 1 amide bonds. The predicted molar refractivity (Wildman–Crippen MR) is 91.0 cm³/mol. The van der Waals surface area contributed by atoms with E-state index in [4.69, 9.17) is 5.73 Å². The Balaban J connectivity index is 1.88. The van der Waals surface area contributed by atoms with E-state index in [1.807, 2.05) is 37.3 Å². The van der Waals surface area contributed by atoms with Crippen LogP contribution in [-0.4, -0.2) is 15.9 Å². The van der Waals surface area contributed by atoms with Gasteiger partial charge in [-0.25, -0.2) is 4.98 Å². The topological polar surface area (TPSA) is 80.9 Å². The van der Waals surface area contributed by atoms with Gasteiger partial charge in [-0.2, -0.15) is 0 Å². The van der Waals surface area contributed by atoms with Gasteiger partial charge in [-0.15, -0.1) is 0 Å². The second-order valence-corrected chi connectivity index (χ2v) is 5.17. The monoisotopic (exact) mass is 304 g/mol. The molecule has 23 heavy (non-hydrogen) atoms. The zero-order valence-electron chi connectivity index (χ0n) is 12.7. The smallest absolute Gasteiger partial charge is 0.255 e. The maximum absolute atomic E-state index is 12.2. The van der Waals surface area contributed by atoms with Crippen molar-refractivity contribution in [2.75, 3.05) is 11.1 Å². The number of amides is 1. The van der Waals surface area contributed by atoms with Crippen molar-refractivity contribution in [3.63, 3.8) is 0 Å². The van der Waals surface area contributed by atoms with Gasteiger partial charge in [0.15, 0.2) is 0 Å². The molecule has 0 bridgehead atoms. The number of hydrogen-bond acceptors (Lipinski definition) is 4. The van der Waals surface area contributed by atoms with E-state index in [-0.39, 0.29) is 5.91 Å². The van der Waals surface area contributed by atoms with Gasteiger partial charge in [0.05, 0.1) is 11.9 Å². The third-order valence-corrected chi connectivity index (χ3v) is 3.43. The van der Waals surface area contributed by atoms with Crippen LogP contribution in [0.15, 0.2) is 60.9 Å². The molecule has 1 aromatic carbocycles. The summed E-state index contributed by atoms with van der Waals surface area (Å²) in [7, 11) is 0. The molecule has 0 saturated carbocycles. The summed E-state index contributed by atoms with van der Waals surface area (Å²) in [4.78, 5) is 20.6. The van der Waals surface area contributed by atoms with Gasteiger partial charge < -0.3 is 11.1 Å². The van der Waals surface area contributed by atoms with Crippen LogP contribution in [0.25, 0.3) is 11.1 Å². The minimum atomic E-state index is -0.190. The van der Waals surface area contributed by atoms with Gasteiger partial charge in [-0.1, -0.05) is 24.3 Å². The summed E-state index contributed by atoms with van der Waals surface area (Å²) in [5.74, 6) is 0.207. The standard InChI is InChI=1S/C18H16N4O/c1-12-7-8-14(10-20-12)16-9-15(11-21-17(16)19)22-18(23)13-5-3-2-4-6-13/h2-11H,1H3,(H2,19,21)(H,22,23). The number of nitrogens with zero attached hydrogens (tertiary/aromatic N) is 2. The highest BCUT2D eigenvalue weighted by atomic mass is 16.1. The maximum Gasteiger partial charge on any atom is 0.255 e. The van der Waals surface area contributed by atoms with Crippen LogP contribution >= 0.6 is 0 Å². The number of hydrogen-bond donors (Lipinski definition) is 2. The van der Waals surface area contributed by atoms with Crippen LogP contribution in [0.1, 0.15) is 16.1 Å². The summed E-state index contributed by atoms with van der Waals surface area (Å²) in [6.45, 7) is 1.92. The molecule has 0 aliphatic rings. The molecule has 0 spiro atoms. The van der Waals surface area contributed by atoms with E-state index in [2.05, 4.69) is 15.3 Å². The normalized spacial score (nSPS) is 10.3. The number of pyridine rings is 2. The van der Waals surface area contributed by atoms with Crippen LogP contribution in [0.2, 0.25) is 0 Å². The molecule has 5 heteroatoms. The number of rotatable bonds is 3. The van der Waals surface area contributed by atoms with Crippen molar-refractivity contribution in [3.05, 3.63) is 72.2 Å². The Hall–Kier alpha value is -3.21. The number of benzene rings is 1. The third-order valence-electron chi connectivity index (χ3n) is 3.43. The van der Waals surface area contributed by atoms with Gasteiger partial charge in [0.2, 0.25) is 0 Å². The van der Waals surface area contributed by atoms with E-state index in [9.17, 15) is 4.79 Å². The fraction of sp³-hybridized carbons (Fsp3) is 0.0556. The molecule has 2 heterocycles. The lowest BCUT2D eigenvalue weighted by Gasteiger charge is -2.09. The number of nitrogens with two attached hydrogens (primary N) is 1. The molecule has 0 atom stereocenters. The molecule has 0 aliphatic carbocycles. The summed E-state index contributed by atoms with van der Waals surface area (Å²) < 4.78 is 0. The van der Waals surface area contributed by atoms with Crippen LogP contribution in [-0.2, 0) is 0 Å². The Kier molecular flexibility index (Phi) is 4.01. The quantitative estimate of drug-likeness (QED) is 0.778. The molecule has 114 valence electrons. The first-order valence-corrected chi connectivity index (χ1v) is 7.18. The van der Waals surface area contributed by atoms with Gasteiger partial charge in [-0.05, 0) is 31.2 Å². The number of aromatic nitrogens is 2. The Labute approximate surface area is 134 Å². The molecule has 2 aromatic heterocycles. The zero-order valence-corrected chi connectivity index (χ0v) is 12.7. The van der Waals surface area contributed by atoms with Crippen molar-refractivity contribution in [2.45, 2.75) is 6.92 Å². The van der Waals surface area contributed by atoms with Crippen molar-refractivity contribution in [2.24, 2.45) is 0 Å². The zero-order chi connectivity index (χ0) is 16.2. The molecule has 5 nitrogen and oxygen atoms in total. The average Bonchev–Trinajstić information content (AvgIpc) is 2.58. The van der Waals surface area contributed by atoms with Gasteiger partial charge in [-0.3, -0.25) is 9.78 Å². The number of anilines is 2. The summed E-state index contributed by atoms with van der Waals surface area (Å²) in [5.41, 5.74) is 9.64. The highest BCUT2D eigenvalue weighted by Gasteiger charge is 2.09. The van der Waals surface area contributed by atoms with Gasteiger partial charge in [0.1, 0.15) is 5.82 Å². The Morgan fingerprint density at radius 1 is 1.04 bits per heavy atom. The van der Waals surface area contributed by atoms with Crippen molar-refractivity contribution in [1.82, 2.24) is 9.97 Å². The molecule has 0 radical (unpaired) electrons. The molecule has 0 saturated heterocycles. The van der Waals surface area contributed by atoms with Gasteiger partial charge in [0, 0.05) is 28.6 Å². The van der Waals surface area contributed by atoms with Crippen LogP contribution in [0.3, 0.4) is 0 Å². The highest BCUT2D eigenvalue weighted by Crippen LogP contribution is 2.26. The minimum absolute atomic E-state index is 0.190. The second kappa shape index (κ2) is 6.27. The summed E-state index contributed by atoms with van der Waals surface area (Å²) in [6.07, 6.45) is 3.28. The molecular weight excluding hydrogens is 288 g/mol. The third kappa shape index (κ3) is 3.35. The highest BCUT2D eigenvalue weighted by molar-refractivity contribution is 6.04. The maximum atomic E-state index is 12.2. The summed E-state index contributed by atoms with van der Waals surface area (Å²) in [6, 6.07) is 14.6. The number of nitrogens with one attached hydrogen (secondary N) is 1. The first-order chi connectivity index (χ1) is 11.1. The summed E-state index contributed by atoms with van der Waals surface area (Å²) >= 11 is 0. The molecule has 0 fully saturated rings. The van der Waals surface area contributed by atoms with Crippen LogP contribution in [0.5, 0.6) is 0 Å². The number of nitrogen functional groups attached to an aromatic ring is 1. The SMILES string of the molecule is Cc1ccc(-c2cc(NC(=O)c3ccccc3)cnc2N)cn1. The second-order valence-electron chi connectivity index (χ2n) is 5.17. The first-order valence-electron chi connectivity index (χ1n) is 7.18. The van der Waals surface area contributed by atoms with Crippen molar-refractivity contribution in [3.8, 4) is 11.1 Å². The van der Waals surface area contributed by atoms with Crippen LogP contribution in [0.4, 0.5) is 11.5 Å². The Bertz CT molecular complexity index is 829. The van der Waals surface area contributed by atoms with Crippen molar-refractivity contribution >= 4 is 17.4 Å². The number of aryl methyl sites for hydroxylation is 1. The number of carbonyl (C=O) groups is 1. The molecule has 3 rings (SSSR count). The fourth-order valence-corrected chi connectivity index (χ4v) is 2.19. The largest absolute Gasteiger partial charge is 0.383 e. The molecule has 3 aromatic rings.